The Morgan fingerprint density at radius 1 is 1.16 bits per heavy atom. The maximum atomic E-state index is 12.4. The first-order valence-corrected chi connectivity index (χ1v) is 8.87. The number of hydrogen-bond donors (Lipinski definition) is 0. The molecule has 25 heavy (non-hydrogen) atoms. The number of para-hydroxylation sites is 1. The molecule has 4 nitrogen and oxygen atoms in total. The maximum Gasteiger partial charge on any atom is 0.260 e. The summed E-state index contributed by atoms with van der Waals surface area (Å²) in [5, 5.41) is 0. The number of carbonyl (C=O) groups excluding carboxylic acids is 1. The van der Waals surface area contributed by atoms with E-state index >= 15 is 0 Å². The topological polar surface area (TPSA) is 38.8 Å². The van der Waals surface area contributed by atoms with Crippen molar-refractivity contribution in [2.24, 2.45) is 0 Å². The zero-order valence-corrected chi connectivity index (χ0v) is 14.9. The Labute approximate surface area is 149 Å². The Morgan fingerprint density at radius 3 is 2.64 bits per heavy atom. The van der Waals surface area contributed by atoms with Gasteiger partial charge in [0.2, 0.25) is 0 Å². The smallest absolute Gasteiger partial charge is 0.260 e. The predicted molar refractivity (Wildman–Crippen MR) is 98.1 cm³/mol. The molecule has 1 amide bonds. The number of nitrogens with zero attached hydrogens (tertiary/aromatic N) is 1. The van der Waals surface area contributed by atoms with E-state index in [0.717, 1.165) is 29.9 Å². The number of aryl methyl sites for hydroxylation is 2. The highest BCUT2D eigenvalue weighted by atomic mass is 16.5. The molecule has 1 heterocycles. The fraction of sp³-hybridized carbons (Fsp3) is 0.381. The lowest BCUT2D eigenvalue weighted by molar-refractivity contribution is -0.132. The third kappa shape index (κ3) is 4.53. The van der Waals surface area contributed by atoms with Crippen molar-refractivity contribution in [3.05, 3.63) is 59.7 Å². The van der Waals surface area contributed by atoms with E-state index in [-0.39, 0.29) is 18.6 Å². The van der Waals surface area contributed by atoms with Crippen LogP contribution in [0.15, 0.2) is 48.5 Å². The van der Waals surface area contributed by atoms with Crippen molar-refractivity contribution in [3.63, 3.8) is 0 Å². The van der Waals surface area contributed by atoms with Crippen LogP contribution in [0.2, 0.25) is 0 Å². The fourth-order valence-electron chi connectivity index (χ4n) is 2.98. The molecule has 0 aromatic heterocycles. The highest BCUT2D eigenvalue weighted by molar-refractivity contribution is 5.78. The molecular formula is C21H25NO3. The van der Waals surface area contributed by atoms with Gasteiger partial charge in [0, 0.05) is 13.0 Å². The molecular weight excluding hydrogens is 314 g/mol. The summed E-state index contributed by atoms with van der Waals surface area (Å²) in [6, 6.07) is 15.9. The van der Waals surface area contributed by atoms with Crippen LogP contribution >= 0.6 is 0 Å². The average molecular weight is 339 g/mol. The van der Waals surface area contributed by atoms with Gasteiger partial charge in [-0.05, 0) is 42.7 Å². The highest BCUT2D eigenvalue weighted by Crippen LogP contribution is 2.22. The molecule has 1 fully saturated rings. The predicted octanol–water partition coefficient (Wildman–Crippen LogP) is 3.62. The molecule has 2 aromatic rings. The Balaban J connectivity index is 1.48. The number of amides is 1. The maximum absolute atomic E-state index is 12.4. The Kier molecular flexibility index (Phi) is 5.59. The molecule has 3 rings (SSSR count). The van der Waals surface area contributed by atoms with Crippen LogP contribution in [0, 0.1) is 6.92 Å². The van der Waals surface area contributed by atoms with Crippen molar-refractivity contribution < 1.29 is 14.3 Å². The standard InChI is InChI=1S/C21H25NO3/c1-3-17-8-10-18(11-9-17)24-15-21(23)22-13-12-19(14-22)25-20-7-5-4-6-16(20)2/h4-11,19H,3,12-15H2,1-2H3/t19-/m0/s1. The Bertz CT molecular complexity index is 711. The van der Waals surface area contributed by atoms with Crippen molar-refractivity contribution >= 4 is 5.91 Å². The van der Waals surface area contributed by atoms with Gasteiger partial charge in [-0.1, -0.05) is 37.3 Å². The second-order valence-corrected chi connectivity index (χ2v) is 6.42. The van der Waals surface area contributed by atoms with Gasteiger partial charge < -0.3 is 14.4 Å². The summed E-state index contributed by atoms with van der Waals surface area (Å²) in [4.78, 5) is 14.2. The zero-order valence-electron chi connectivity index (χ0n) is 14.9. The van der Waals surface area contributed by atoms with Gasteiger partial charge in [0.25, 0.3) is 5.91 Å². The lowest BCUT2D eigenvalue weighted by Gasteiger charge is -2.18. The van der Waals surface area contributed by atoms with Crippen LogP contribution < -0.4 is 9.47 Å². The van der Waals surface area contributed by atoms with Gasteiger partial charge in [0.15, 0.2) is 6.61 Å². The number of benzene rings is 2. The summed E-state index contributed by atoms with van der Waals surface area (Å²) in [6.07, 6.45) is 1.90. The van der Waals surface area contributed by atoms with E-state index in [1.165, 1.54) is 5.56 Å². The van der Waals surface area contributed by atoms with E-state index in [0.29, 0.717) is 13.1 Å². The molecule has 0 saturated carbocycles. The number of rotatable bonds is 6. The largest absolute Gasteiger partial charge is 0.488 e. The van der Waals surface area contributed by atoms with Gasteiger partial charge in [-0.15, -0.1) is 0 Å². The molecule has 1 saturated heterocycles. The monoisotopic (exact) mass is 339 g/mol. The number of carbonyl (C=O) groups is 1. The zero-order chi connectivity index (χ0) is 17.6. The van der Waals surface area contributed by atoms with Crippen LogP contribution in [-0.2, 0) is 11.2 Å². The number of ether oxygens (including phenoxy) is 2. The van der Waals surface area contributed by atoms with E-state index in [2.05, 4.69) is 6.92 Å². The van der Waals surface area contributed by atoms with Crippen molar-refractivity contribution in [2.75, 3.05) is 19.7 Å². The number of hydrogen-bond acceptors (Lipinski definition) is 3. The molecule has 0 spiro atoms. The third-order valence-electron chi connectivity index (χ3n) is 4.58. The van der Waals surface area contributed by atoms with Crippen molar-refractivity contribution in [3.8, 4) is 11.5 Å². The van der Waals surface area contributed by atoms with E-state index in [1.54, 1.807) is 0 Å². The van der Waals surface area contributed by atoms with Gasteiger partial charge >= 0.3 is 0 Å². The van der Waals surface area contributed by atoms with Gasteiger partial charge in [0.1, 0.15) is 17.6 Å². The fourth-order valence-corrected chi connectivity index (χ4v) is 2.98. The van der Waals surface area contributed by atoms with Crippen LogP contribution in [-0.4, -0.2) is 36.6 Å². The van der Waals surface area contributed by atoms with Gasteiger partial charge in [-0.25, -0.2) is 0 Å². The minimum absolute atomic E-state index is 0.00968. The average Bonchev–Trinajstić information content (AvgIpc) is 3.11. The molecule has 1 aliphatic rings. The second-order valence-electron chi connectivity index (χ2n) is 6.42. The molecule has 2 aromatic carbocycles. The van der Waals surface area contributed by atoms with Crippen molar-refractivity contribution in [1.82, 2.24) is 4.90 Å². The van der Waals surface area contributed by atoms with Crippen LogP contribution in [0.25, 0.3) is 0 Å². The van der Waals surface area contributed by atoms with E-state index in [1.807, 2.05) is 60.4 Å². The molecule has 0 radical (unpaired) electrons. The molecule has 0 bridgehead atoms. The normalized spacial score (nSPS) is 16.7. The molecule has 4 heteroatoms. The third-order valence-corrected chi connectivity index (χ3v) is 4.58. The van der Waals surface area contributed by atoms with E-state index in [4.69, 9.17) is 9.47 Å². The van der Waals surface area contributed by atoms with Crippen LogP contribution in [0.5, 0.6) is 11.5 Å². The Hall–Kier alpha value is -2.49. The first-order valence-electron chi connectivity index (χ1n) is 8.87. The molecule has 1 atom stereocenters. The molecule has 0 N–H and O–H groups in total. The lowest BCUT2D eigenvalue weighted by Crippen LogP contribution is -2.34. The van der Waals surface area contributed by atoms with Crippen molar-refractivity contribution in [2.45, 2.75) is 32.8 Å². The van der Waals surface area contributed by atoms with E-state index < -0.39 is 0 Å². The molecule has 132 valence electrons. The quantitative estimate of drug-likeness (QED) is 0.807. The van der Waals surface area contributed by atoms with Gasteiger partial charge in [-0.3, -0.25) is 4.79 Å². The van der Waals surface area contributed by atoms with Gasteiger partial charge in [0.05, 0.1) is 6.54 Å². The summed E-state index contributed by atoms with van der Waals surface area (Å²) < 4.78 is 11.7. The first-order chi connectivity index (χ1) is 12.2. The first kappa shape index (κ1) is 17.3. The molecule has 0 aliphatic carbocycles. The summed E-state index contributed by atoms with van der Waals surface area (Å²) in [5.41, 5.74) is 2.38. The van der Waals surface area contributed by atoms with Crippen LogP contribution in [0.4, 0.5) is 0 Å². The van der Waals surface area contributed by atoms with Crippen molar-refractivity contribution in [1.29, 1.82) is 0 Å². The summed E-state index contributed by atoms with van der Waals surface area (Å²) in [7, 11) is 0. The Morgan fingerprint density at radius 2 is 1.92 bits per heavy atom. The molecule has 0 unspecified atom stereocenters. The minimum atomic E-state index is 0.00968. The second kappa shape index (κ2) is 8.06. The highest BCUT2D eigenvalue weighted by Gasteiger charge is 2.28. The molecule has 1 aliphatic heterocycles. The van der Waals surface area contributed by atoms with Gasteiger partial charge in [-0.2, -0.15) is 0 Å². The minimum Gasteiger partial charge on any atom is -0.488 e. The number of likely N-dealkylation sites (tertiary alicyclic amines) is 1. The summed E-state index contributed by atoms with van der Waals surface area (Å²) >= 11 is 0. The van der Waals surface area contributed by atoms with Crippen LogP contribution in [0.1, 0.15) is 24.5 Å². The summed E-state index contributed by atoms with van der Waals surface area (Å²) in [6.45, 7) is 5.55. The van der Waals surface area contributed by atoms with Crippen LogP contribution in [0.3, 0.4) is 0 Å². The van der Waals surface area contributed by atoms with E-state index in [9.17, 15) is 4.79 Å². The SMILES string of the molecule is CCc1ccc(OCC(=O)N2CC[C@H](Oc3ccccc3C)C2)cc1. The lowest BCUT2D eigenvalue weighted by atomic mass is 10.2. The summed E-state index contributed by atoms with van der Waals surface area (Å²) in [5.74, 6) is 1.64.